The highest BCUT2D eigenvalue weighted by atomic mass is 19.1. The molecule has 0 bridgehead atoms. The lowest BCUT2D eigenvalue weighted by Crippen LogP contribution is -2.21. The van der Waals surface area contributed by atoms with Crippen molar-refractivity contribution in [3.8, 4) is 11.1 Å². The van der Waals surface area contributed by atoms with Gasteiger partial charge in [0.15, 0.2) is 5.65 Å². The van der Waals surface area contributed by atoms with Crippen molar-refractivity contribution in [2.24, 2.45) is 0 Å². The second-order valence-electron chi connectivity index (χ2n) is 5.70. The lowest BCUT2D eigenvalue weighted by atomic mass is 10.0. The van der Waals surface area contributed by atoms with Crippen molar-refractivity contribution < 1.29 is 4.39 Å². The molecule has 2 heterocycles. The SMILES string of the molecule is O=c1cnc2ncccc2n1Cc1ccc(-c2ccccc2)cc1F. The zero-order valence-electron chi connectivity index (χ0n) is 13.3. The number of fused-ring (bicyclic) bond motifs is 1. The van der Waals surface area contributed by atoms with Crippen molar-refractivity contribution in [3.63, 3.8) is 0 Å². The molecule has 0 aliphatic carbocycles. The molecule has 2 aromatic carbocycles. The summed E-state index contributed by atoms with van der Waals surface area (Å²) in [5.41, 5.74) is 2.95. The van der Waals surface area contributed by atoms with E-state index in [1.807, 2.05) is 36.4 Å². The van der Waals surface area contributed by atoms with Gasteiger partial charge in [-0.15, -0.1) is 0 Å². The van der Waals surface area contributed by atoms with Crippen LogP contribution in [0.1, 0.15) is 5.56 Å². The minimum absolute atomic E-state index is 0.129. The maximum absolute atomic E-state index is 14.6. The summed E-state index contributed by atoms with van der Waals surface area (Å²) in [7, 11) is 0. The van der Waals surface area contributed by atoms with Crippen LogP contribution in [0.3, 0.4) is 0 Å². The van der Waals surface area contributed by atoms with Gasteiger partial charge in [0.25, 0.3) is 5.56 Å². The summed E-state index contributed by atoms with van der Waals surface area (Å²) >= 11 is 0. The largest absolute Gasteiger partial charge is 0.299 e. The van der Waals surface area contributed by atoms with E-state index < -0.39 is 0 Å². The number of nitrogens with zero attached hydrogens (tertiary/aromatic N) is 3. The Hall–Kier alpha value is -3.34. The van der Waals surface area contributed by atoms with Gasteiger partial charge in [0.05, 0.1) is 18.3 Å². The van der Waals surface area contributed by atoms with Crippen LogP contribution in [0.4, 0.5) is 4.39 Å². The smallest absolute Gasteiger partial charge is 0.269 e. The second-order valence-corrected chi connectivity index (χ2v) is 5.70. The first-order chi connectivity index (χ1) is 12.2. The molecule has 0 fully saturated rings. The van der Waals surface area contributed by atoms with Gasteiger partial charge in [-0.1, -0.05) is 42.5 Å². The summed E-state index contributed by atoms with van der Waals surface area (Å²) in [5, 5.41) is 0. The number of aromatic nitrogens is 3. The van der Waals surface area contributed by atoms with Gasteiger partial charge in [0.1, 0.15) is 5.82 Å². The van der Waals surface area contributed by atoms with Crippen LogP contribution in [0.25, 0.3) is 22.3 Å². The molecule has 0 radical (unpaired) electrons. The molecule has 4 nitrogen and oxygen atoms in total. The van der Waals surface area contributed by atoms with Crippen LogP contribution >= 0.6 is 0 Å². The van der Waals surface area contributed by atoms with Crippen LogP contribution < -0.4 is 5.56 Å². The molecular weight excluding hydrogens is 317 g/mol. The highest BCUT2D eigenvalue weighted by Gasteiger charge is 2.10. The summed E-state index contributed by atoms with van der Waals surface area (Å²) in [6.07, 6.45) is 2.82. The third-order valence-corrected chi connectivity index (χ3v) is 4.11. The quantitative estimate of drug-likeness (QED) is 0.576. The van der Waals surface area contributed by atoms with Crippen molar-refractivity contribution >= 4 is 11.2 Å². The van der Waals surface area contributed by atoms with Crippen LogP contribution in [0.5, 0.6) is 0 Å². The van der Waals surface area contributed by atoms with Crippen molar-refractivity contribution in [1.29, 1.82) is 0 Å². The summed E-state index contributed by atoms with van der Waals surface area (Å²) < 4.78 is 16.1. The monoisotopic (exact) mass is 331 g/mol. The Kier molecular flexibility index (Phi) is 3.82. The van der Waals surface area contributed by atoms with Gasteiger partial charge in [-0.3, -0.25) is 9.36 Å². The molecular formula is C20H14FN3O. The first kappa shape index (κ1) is 15.2. The summed E-state index contributed by atoms with van der Waals surface area (Å²) in [5.74, 6) is -0.345. The van der Waals surface area contributed by atoms with Crippen molar-refractivity contribution in [1.82, 2.24) is 14.5 Å². The molecule has 0 unspecified atom stereocenters. The van der Waals surface area contributed by atoms with Gasteiger partial charge in [-0.2, -0.15) is 0 Å². The van der Waals surface area contributed by atoms with Gasteiger partial charge in [0, 0.05) is 11.8 Å². The van der Waals surface area contributed by atoms with Gasteiger partial charge in [0.2, 0.25) is 0 Å². The fourth-order valence-electron chi connectivity index (χ4n) is 2.82. The molecule has 2 aromatic heterocycles. The average Bonchev–Trinajstić information content (AvgIpc) is 2.66. The molecule has 0 atom stereocenters. The Morgan fingerprint density at radius 2 is 1.76 bits per heavy atom. The van der Waals surface area contributed by atoms with E-state index in [9.17, 15) is 9.18 Å². The maximum Gasteiger partial charge on any atom is 0.269 e. The molecule has 0 saturated heterocycles. The molecule has 0 saturated carbocycles. The molecule has 0 aliphatic heterocycles. The van der Waals surface area contributed by atoms with E-state index in [0.29, 0.717) is 16.7 Å². The number of hydrogen-bond donors (Lipinski definition) is 0. The lowest BCUT2D eigenvalue weighted by Gasteiger charge is -2.11. The van der Waals surface area contributed by atoms with E-state index in [-0.39, 0.29) is 17.9 Å². The predicted octanol–water partition coefficient (Wildman–Crippen LogP) is 3.65. The minimum Gasteiger partial charge on any atom is -0.299 e. The molecule has 0 spiro atoms. The van der Waals surface area contributed by atoms with Crippen LogP contribution in [-0.2, 0) is 6.54 Å². The fraction of sp³-hybridized carbons (Fsp3) is 0.0500. The summed E-state index contributed by atoms with van der Waals surface area (Å²) in [4.78, 5) is 20.3. The third-order valence-electron chi connectivity index (χ3n) is 4.11. The normalized spacial score (nSPS) is 10.9. The van der Waals surface area contributed by atoms with Gasteiger partial charge in [-0.05, 0) is 29.3 Å². The van der Waals surface area contributed by atoms with Crippen LogP contribution in [0.2, 0.25) is 0 Å². The number of hydrogen-bond acceptors (Lipinski definition) is 3. The highest BCUT2D eigenvalue weighted by molar-refractivity contribution is 5.69. The van der Waals surface area contributed by atoms with E-state index in [1.165, 1.54) is 16.8 Å². The minimum atomic E-state index is -0.345. The van der Waals surface area contributed by atoms with E-state index in [2.05, 4.69) is 9.97 Å². The average molecular weight is 331 g/mol. The Labute approximate surface area is 143 Å². The summed E-state index contributed by atoms with van der Waals surface area (Å²) in [6.45, 7) is 0.129. The number of halogens is 1. The van der Waals surface area contributed by atoms with E-state index in [4.69, 9.17) is 0 Å². The van der Waals surface area contributed by atoms with Crippen molar-refractivity contribution in [3.05, 3.63) is 94.8 Å². The van der Waals surface area contributed by atoms with Crippen LogP contribution in [0.15, 0.2) is 77.9 Å². The molecule has 5 heteroatoms. The molecule has 4 aromatic rings. The molecule has 0 N–H and O–H groups in total. The predicted molar refractivity (Wildman–Crippen MR) is 94.7 cm³/mol. The molecule has 25 heavy (non-hydrogen) atoms. The van der Waals surface area contributed by atoms with Gasteiger partial charge < -0.3 is 0 Å². The highest BCUT2D eigenvalue weighted by Crippen LogP contribution is 2.22. The third kappa shape index (κ3) is 2.92. The number of rotatable bonds is 3. The summed E-state index contributed by atoms with van der Waals surface area (Å²) in [6, 6.07) is 18.2. The standard InChI is InChI=1S/C20H14FN3O/c21-17-11-15(14-5-2-1-3-6-14)8-9-16(17)13-24-18-7-4-10-22-20(18)23-12-19(24)25/h1-12H,13H2. The topological polar surface area (TPSA) is 47.8 Å². The van der Waals surface area contributed by atoms with Crippen molar-refractivity contribution in [2.45, 2.75) is 6.54 Å². The fourth-order valence-corrected chi connectivity index (χ4v) is 2.82. The maximum atomic E-state index is 14.6. The molecule has 0 aliphatic rings. The number of pyridine rings is 1. The van der Waals surface area contributed by atoms with Crippen LogP contribution in [-0.4, -0.2) is 14.5 Å². The Morgan fingerprint density at radius 1 is 0.920 bits per heavy atom. The zero-order valence-corrected chi connectivity index (χ0v) is 13.3. The zero-order chi connectivity index (χ0) is 17.2. The molecule has 0 amide bonds. The Bertz CT molecular complexity index is 1110. The lowest BCUT2D eigenvalue weighted by molar-refractivity contribution is 0.599. The van der Waals surface area contributed by atoms with E-state index in [0.717, 1.165) is 11.1 Å². The molecule has 122 valence electrons. The van der Waals surface area contributed by atoms with Crippen molar-refractivity contribution in [2.75, 3.05) is 0 Å². The second kappa shape index (κ2) is 6.28. The Morgan fingerprint density at radius 3 is 2.56 bits per heavy atom. The molecule has 4 rings (SSSR count). The van der Waals surface area contributed by atoms with E-state index in [1.54, 1.807) is 24.4 Å². The van der Waals surface area contributed by atoms with Crippen LogP contribution in [0, 0.1) is 5.82 Å². The first-order valence-corrected chi connectivity index (χ1v) is 7.87. The van der Waals surface area contributed by atoms with E-state index >= 15 is 0 Å². The Balaban J connectivity index is 1.75. The number of benzene rings is 2. The van der Waals surface area contributed by atoms with Gasteiger partial charge >= 0.3 is 0 Å². The van der Waals surface area contributed by atoms with Gasteiger partial charge in [-0.25, -0.2) is 14.4 Å². The first-order valence-electron chi connectivity index (χ1n) is 7.87.